The molecule has 144 valence electrons. The molecule has 0 spiro atoms. The highest BCUT2D eigenvalue weighted by Gasteiger charge is 2.25. The van der Waals surface area contributed by atoms with E-state index < -0.39 is 35.3 Å². The molecule has 0 radical (unpaired) electrons. The van der Waals surface area contributed by atoms with E-state index in [4.69, 9.17) is 28.3 Å². The number of amides is 1. The predicted octanol–water partition coefficient (Wildman–Crippen LogP) is 2.24. The first kappa shape index (κ1) is 20.7. The molecule has 1 amide bonds. The smallest absolute Gasteiger partial charge is 0.322 e. The van der Waals surface area contributed by atoms with Crippen molar-refractivity contribution >= 4 is 35.1 Å². The monoisotopic (exact) mass is 413 g/mol. The van der Waals surface area contributed by atoms with Gasteiger partial charge in [0.2, 0.25) is 0 Å². The van der Waals surface area contributed by atoms with Crippen molar-refractivity contribution in [2.45, 2.75) is 26.3 Å². The number of nitrogens with zero attached hydrogens (tertiary/aromatic N) is 2. The van der Waals surface area contributed by atoms with E-state index in [0.717, 1.165) is 4.68 Å². The SMILES string of the molecule is CC(C)c1nn(Cc2ccc(Cl)cc2Cl)c(=O)c(C(=O)NCC(=O)O)c1O. The van der Waals surface area contributed by atoms with Crippen molar-refractivity contribution in [2.75, 3.05) is 6.54 Å². The largest absolute Gasteiger partial charge is 0.505 e. The number of aromatic hydroxyl groups is 1. The number of benzene rings is 1. The zero-order valence-electron chi connectivity index (χ0n) is 14.5. The molecule has 27 heavy (non-hydrogen) atoms. The average Bonchev–Trinajstić information content (AvgIpc) is 2.57. The van der Waals surface area contributed by atoms with Crippen LogP contribution in [0.25, 0.3) is 0 Å². The van der Waals surface area contributed by atoms with Crippen LogP contribution in [-0.2, 0) is 11.3 Å². The normalized spacial score (nSPS) is 10.9. The molecule has 3 N–H and O–H groups in total. The molecule has 2 aromatic rings. The van der Waals surface area contributed by atoms with Crippen LogP contribution in [0.5, 0.6) is 5.75 Å². The Hall–Kier alpha value is -2.58. The van der Waals surface area contributed by atoms with Gasteiger partial charge in [-0.3, -0.25) is 14.4 Å². The van der Waals surface area contributed by atoms with Gasteiger partial charge >= 0.3 is 5.97 Å². The fraction of sp³-hybridized carbons (Fsp3) is 0.294. The molecule has 1 aromatic heterocycles. The Balaban J connectivity index is 2.56. The van der Waals surface area contributed by atoms with Crippen LogP contribution in [0.1, 0.15) is 41.4 Å². The summed E-state index contributed by atoms with van der Waals surface area (Å²) in [6.45, 7) is 2.70. The topological polar surface area (TPSA) is 122 Å². The Bertz CT molecular complexity index is 956. The van der Waals surface area contributed by atoms with Crippen molar-refractivity contribution in [3.05, 3.63) is 55.4 Å². The fourth-order valence-corrected chi connectivity index (χ4v) is 2.81. The van der Waals surface area contributed by atoms with Crippen LogP contribution in [0, 0.1) is 0 Å². The first-order valence-electron chi connectivity index (χ1n) is 7.89. The number of halogens is 2. The van der Waals surface area contributed by atoms with Gasteiger partial charge in [-0.1, -0.05) is 43.1 Å². The summed E-state index contributed by atoms with van der Waals surface area (Å²) in [6, 6.07) is 4.72. The van der Waals surface area contributed by atoms with Crippen LogP contribution in [0.4, 0.5) is 0 Å². The van der Waals surface area contributed by atoms with E-state index >= 15 is 0 Å². The summed E-state index contributed by atoms with van der Waals surface area (Å²) in [5, 5.41) is 26.0. The number of aliphatic carboxylic acids is 1. The second-order valence-electron chi connectivity index (χ2n) is 6.04. The van der Waals surface area contributed by atoms with Crippen molar-refractivity contribution in [3.8, 4) is 5.75 Å². The minimum Gasteiger partial charge on any atom is -0.505 e. The number of hydrogen-bond donors (Lipinski definition) is 3. The van der Waals surface area contributed by atoms with Gasteiger partial charge in [0.1, 0.15) is 17.8 Å². The number of aromatic nitrogens is 2. The van der Waals surface area contributed by atoms with Crippen LogP contribution in [0.3, 0.4) is 0 Å². The maximum atomic E-state index is 12.7. The average molecular weight is 414 g/mol. The van der Waals surface area contributed by atoms with Gasteiger partial charge in [-0.15, -0.1) is 0 Å². The Morgan fingerprint density at radius 2 is 1.96 bits per heavy atom. The number of carboxylic acids is 1. The van der Waals surface area contributed by atoms with Crippen molar-refractivity contribution in [1.82, 2.24) is 15.1 Å². The Labute approximate surface area is 164 Å². The molecular formula is C17H17Cl2N3O5. The number of carboxylic acid groups (broad SMARTS) is 1. The van der Waals surface area contributed by atoms with Crippen LogP contribution in [-0.4, -0.2) is 38.4 Å². The lowest BCUT2D eigenvalue weighted by atomic mass is 10.1. The minimum absolute atomic E-state index is 0.0615. The van der Waals surface area contributed by atoms with Gasteiger partial charge in [0.05, 0.1) is 6.54 Å². The second kappa shape index (κ2) is 8.41. The van der Waals surface area contributed by atoms with Gasteiger partial charge < -0.3 is 15.5 Å². The molecule has 10 heteroatoms. The maximum Gasteiger partial charge on any atom is 0.322 e. The van der Waals surface area contributed by atoms with Crippen LogP contribution >= 0.6 is 23.2 Å². The maximum absolute atomic E-state index is 12.7. The zero-order chi connectivity index (χ0) is 20.3. The summed E-state index contributed by atoms with van der Waals surface area (Å²) < 4.78 is 1.000. The van der Waals surface area contributed by atoms with Gasteiger partial charge in [-0.2, -0.15) is 5.10 Å². The van der Waals surface area contributed by atoms with Gasteiger partial charge in [0, 0.05) is 16.0 Å². The summed E-state index contributed by atoms with van der Waals surface area (Å²) in [5.74, 6) is -3.16. The molecule has 0 saturated carbocycles. The summed E-state index contributed by atoms with van der Waals surface area (Å²) in [5.41, 5.74) is -0.779. The summed E-state index contributed by atoms with van der Waals surface area (Å²) in [7, 11) is 0. The quantitative estimate of drug-likeness (QED) is 0.667. The van der Waals surface area contributed by atoms with Crippen LogP contribution < -0.4 is 10.9 Å². The van der Waals surface area contributed by atoms with Gasteiger partial charge in [-0.25, -0.2) is 4.68 Å². The van der Waals surface area contributed by atoms with Gasteiger partial charge in [0.25, 0.3) is 11.5 Å². The molecule has 1 heterocycles. The molecule has 1 aromatic carbocycles. The Kier molecular flexibility index (Phi) is 6.45. The molecule has 0 aliphatic carbocycles. The molecule has 0 atom stereocenters. The van der Waals surface area contributed by atoms with E-state index in [1.807, 2.05) is 0 Å². The molecule has 0 unspecified atom stereocenters. The van der Waals surface area contributed by atoms with Gasteiger partial charge in [0.15, 0.2) is 5.75 Å². The van der Waals surface area contributed by atoms with E-state index in [2.05, 4.69) is 10.4 Å². The molecule has 2 rings (SSSR count). The van der Waals surface area contributed by atoms with E-state index in [-0.39, 0.29) is 18.2 Å². The van der Waals surface area contributed by atoms with E-state index in [0.29, 0.717) is 15.6 Å². The lowest BCUT2D eigenvalue weighted by Crippen LogP contribution is -2.37. The molecule has 0 fully saturated rings. The highest BCUT2D eigenvalue weighted by atomic mass is 35.5. The van der Waals surface area contributed by atoms with Crippen molar-refractivity contribution in [3.63, 3.8) is 0 Å². The van der Waals surface area contributed by atoms with Crippen LogP contribution in [0.15, 0.2) is 23.0 Å². The molecular weight excluding hydrogens is 397 g/mol. The summed E-state index contributed by atoms with van der Waals surface area (Å²) in [4.78, 5) is 35.6. The third kappa shape index (κ3) is 4.78. The van der Waals surface area contributed by atoms with Gasteiger partial charge in [-0.05, 0) is 17.7 Å². The van der Waals surface area contributed by atoms with Crippen molar-refractivity contribution < 1.29 is 19.8 Å². The molecule has 0 aliphatic heterocycles. The molecule has 0 saturated heterocycles. The number of nitrogens with one attached hydrogen (secondary N) is 1. The predicted molar refractivity (Wildman–Crippen MR) is 99.8 cm³/mol. The fourth-order valence-electron chi connectivity index (χ4n) is 2.34. The molecule has 8 nitrogen and oxygen atoms in total. The van der Waals surface area contributed by atoms with Crippen molar-refractivity contribution in [1.29, 1.82) is 0 Å². The number of rotatable bonds is 6. The van der Waals surface area contributed by atoms with E-state index in [1.54, 1.807) is 26.0 Å². The van der Waals surface area contributed by atoms with Crippen LogP contribution in [0.2, 0.25) is 10.0 Å². The van der Waals surface area contributed by atoms with Crippen molar-refractivity contribution in [2.24, 2.45) is 0 Å². The van der Waals surface area contributed by atoms with E-state index in [1.165, 1.54) is 6.07 Å². The lowest BCUT2D eigenvalue weighted by Gasteiger charge is -2.15. The first-order valence-corrected chi connectivity index (χ1v) is 8.65. The molecule has 0 bridgehead atoms. The zero-order valence-corrected chi connectivity index (χ0v) is 16.0. The third-order valence-corrected chi connectivity index (χ3v) is 4.25. The third-order valence-electron chi connectivity index (χ3n) is 3.67. The number of carbonyl (C=O) groups is 2. The Morgan fingerprint density at radius 1 is 1.30 bits per heavy atom. The summed E-state index contributed by atoms with van der Waals surface area (Å²) >= 11 is 12.0. The summed E-state index contributed by atoms with van der Waals surface area (Å²) in [6.07, 6.45) is 0. The lowest BCUT2D eigenvalue weighted by molar-refractivity contribution is -0.135. The standard InChI is InChI=1S/C17H17Cl2N3O5/c1-8(2)14-15(25)13(16(26)20-6-12(23)24)17(27)22(21-14)7-9-3-4-10(18)5-11(9)19/h3-5,8,25H,6-7H2,1-2H3,(H,20,26)(H,23,24). The highest BCUT2D eigenvalue weighted by molar-refractivity contribution is 6.35. The number of carbonyl (C=O) groups excluding carboxylic acids is 1. The van der Waals surface area contributed by atoms with E-state index in [9.17, 15) is 19.5 Å². The minimum atomic E-state index is -1.28. The number of hydrogen-bond acceptors (Lipinski definition) is 5. The Morgan fingerprint density at radius 3 is 2.52 bits per heavy atom. The molecule has 0 aliphatic rings. The second-order valence-corrected chi connectivity index (χ2v) is 6.88. The first-order chi connectivity index (χ1) is 12.6. The highest BCUT2D eigenvalue weighted by Crippen LogP contribution is 2.26.